The van der Waals surface area contributed by atoms with E-state index in [-0.39, 0.29) is 11.8 Å². The molecule has 2 heterocycles. The van der Waals surface area contributed by atoms with Gasteiger partial charge in [0.05, 0.1) is 14.2 Å². The van der Waals surface area contributed by atoms with Crippen LogP contribution in [-0.4, -0.2) is 59.7 Å². The van der Waals surface area contributed by atoms with Gasteiger partial charge in [0, 0.05) is 19.5 Å². The average Bonchev–Trinajstić information content (AvgIpc) is 3.13. The van der Waals surface area contributed by atoms with Crippen molar-refractivity contribution in [1.29, 1.82) is 0 Å². The van der Waals surface area contributed by atoms with Crippen LogP contribution in [0.3, 0.4) is 0 Å². The van der Waals surface area contributed by atoms with Gasteiger partial charge in [-0.25, -0.2) is 18.4 Å². The number of methoxy groups -OCH3 is 3. The summed E-state index contributed by atoms with van der Waals surface area (Å²) < 4.78 is 46.9. The van der Waals surface area contributed by atoms with Crippen molar-refractivity contribution in [1.82, 2.24) is 24.7 Å². The summed E-state index contributed by atoms with van der Waals surface area (Å²) >= 11 is 0. The molecule has 1 aromatic carbocycles. The molecule has 0 aliphatic heterocycles. The molecule has 0 spiro atoms. The van der Waals surface area contributed by atoms with Crippen LogP contribution in [0.5, 0.6) is 11.5 Å². The largest absolute Gasteiger partial charge is 0.494 e. The Morgan fingerprint density at radius 1 is 1.00 bits per heavy atom. The van der Waals surface area contributed by atoms with Crippen molar-refractivity contribution < 1.29 is 22.6 Å². The smallest absolute Gasteiger partial charge is 0.243 e. The van der Waals surface area contributed by atoms with Gasteiger partial charge in [-0.1, -0.05) is 6.07 Å². The first kappa shape index (κ1) is 23.4. The third kappa shape index (κ3) is 4.50. The van der Waals surface area contributed by atoms with Crippen LogP contribution in [0, 0.1) is 13.8 Å². The lowest BCUT2D eigenvalue weighted by atomic mass is 10.2. The van der Waals surface area contributed by atoms with Gasteiger partial charge in [-0.3, -0.25) is 9.29 Å². The first-order valence-corrected chi connectivity index (χ1v) is 11.2. The van der Waals surface area contributed by atoms with E-state index < -0.39 is 21.4 Å². The van der Waals surface area contributed by atoms with Crippen molar-refractivity contribution in [3.8, 4) is 17.2 Å². The monoisotopic (exact) mass is 462 g/mol. The lowest BCUT2D eigenvalue weighted by molar-refractivity contribution is 0.0949. The van der Waals surface area contributed by atoms with Gasteiger partial charge in [0.2, 0.25) is 16.0 Å². The average molecular weight is 463 g/mol. The zero-order valence-corrected chi connectivity index (χ0v) is 19.5. The summed E-state index contributed by atoms with van der Waals surface area (Å²) in [6, 6.07) is 5.22. The minimum Gasteiger partial charge on any atom is -0.494 e. The van der Waals surface area contributed by atoms with E-state index >= 15 is 0 Å². The Morgan fingerprint density at radius 2 is 1.59 bits per heavy atom. The number of ether oxygens (including phenoxy) is 3. The molecule has 0 saturated carbocycles. The highest BCUT2D eigenvalue weighted by Gasteiger charge is 2.34. The van der Waals surface area contributed by atoms with E-state index in [1.807, 2.05) is 6.92 Å². The number of nitrogens with zero attached hydrogens (tertiary/aromatic N) is 5. The molecule has 3 aromatic rings. The number of sulfonamides is 1. The van der Waals surface area contributed by atoms with Gasteiger partial charge in [0.25, 0.3) is 0 Å². The van der Waals surface area contributed by atoms with Crippen LogP contribution in [0.15, 0.2) is 30.6 Å². The maximum Gasteiger partial charge on any atom is 0.243 e. The third-order valence-electron chi connectivity index (χ3n) is 4.91. The Kier molecular flexibility index (Phi) is 6.94. The molecule has 32 heavy (non-hydrogen) atoms. The molecular formula is C20H26N6O5S. The Hall–Kier alpha value is -3.25. The van der Waals surface area contributed by atoms with Gasteiger partial charge >= 0.3 is 0 Å². The number of para-hydroxylation sites is 1. The summed E-state index contributed by atoms with van der Waals surface area (Å²) in [6.45, 7) is 5.05. The Balaban J connectivity index is 2.01. The Labute approximate surface area is 186 Å². The number of aromatic nitrogens is 5. The van der Waals surface area contributed by atoms with E-state index in [9.17, 15) is 8.42 Å². The van der Waals surface area contributed by atoms with Gasteiger partial charge in [0.15, 0.2) is 5.82 Å². The van der Waals surface area contributed by atoms with Crippen LogP contribution in [0.2, 0.25) is 0 Å². The first-order valence-electron chi connectivity index (χ1n) is 9.69. The van der Waals surface area contributed by atoms with Gasteiger partial charge in [-0.2, -0.15) is 0 Å². The quantitative estimate of drug-likeness (QED) is 0.508. The zero-order valence-electron chi connectivity index (χ0n) is 18.7. The molecule has 0 saturated heterocycles. The predicted octanol–water partition coefficient (Wildman–Crippen LogP) is 2.21. The van der Waals surface area contributed by atoms with E-state index in [1.54, 1.807) is 37.5 Å². The summed E-state index contributed by atoms with van der Waals surface area (Å²) in [5.41, 5.74) is 1.32. The van der Waals surface area contributed by atoms with Gasteiger partial charge in [-0.15, -0.1) is 10.2 Å². The molecule has 12 heteroatoms. The lowest BCUT2D eigenvalue weighted by Gasteiger charge is -2.22. The Morgan fingerprint density at radius 3 is 2.12 bits per heavy atom. The number of hydrogen-bond acceptors (Lipinski definition) is 9. The second-order valence-electron chi connectivity index (χ2n) is 7.04. The SMILES string of the molecule is COc1cccc(OC)c1-n1c(C)nnc1NS(=O)(=O)[C@@H](C)[C@H](OC)c1ncc(C)cn1. The summed E-state index contributed by atoms with van der Waals surface area (Å²) in [7, 11) is 0.427. The van der Waals surface area contributed by atoms with Crippen molar-refractivity contribution in [3.05, 3.63) is 47.8 Å². The molecule has 3 rings (SSSR count). The molecule has 11 nitrogen and oxygen atoms in total. The fraction of sp³-hybridized carbons (Fsp3) is 0.400. The highest BCUT2D eigenvalue weighted by molar-refractivity contribution is 7.93. The van der Waals surface area contributed by atoms with Crippen molar-refractivity contribution in [2.24, 2.45) is 0 Å². The second kappa shape index (κ2) is 9.49. The molecule has 0 bridgehead atoms. The summed E-state index contributed by atoms with van der Waals surface area (Å²) in [6.07, 6.45) is 2.32. The van der Waals surface area contributed by atoms with Crippen LogP contribution < -0.4 is 14.2 Å². The molecule has 0 radical (unpaired) electrons. The molecule has 1 N–H and O–H groups in total. The molecule has 2 atom stereocenters. The van der Waals surface area contributed by atoms with Crippen molar-refractivity contribution in [3.63, 3.8) is 0 Å². The summed E-state index contributed by atoms with van der Waals surface area (Å²) in [5.74, 6) is 1.60. The van der Waals surface area contributed by atoms with Gasteiger partial charge in [-0.05, 0) is 38.5 Å². The number of benzene rings is 1. The van der Waals surface area contributed by atoms with E-state index in [2.05, 4.69) is 24.9 Å². The van der Waals surface area contributed by atoms with Gasteiger partial charge < -0.3 is 14.2 Å². The molecule has 0 aliphatic rings. The molecule has 0 unspecified atom stereocenters. The standard InChI is InChI=1S/C20H26N6O5S/c1-12-10-21-19(22-11-12)18(31-6)13(2)32(27,28)25-20-24-23-14(3)26(20)17-15(29-4)8-7-9-16(17)30-5/h7-11,13,18H,1-6H3,(H,24,25)/t13-,18-/m0/s1. The molecule has 2 aromatic heterocycles. The number of hydrogen-bond donors (Lipinski definition) is 1. The maximum atomic E-state index is 13.3. The number of rotatable bonds is 9. The topological polar surface area (TPSA) is 130 Å². The maximum absolute atomic E-state index is 13.3. The van der Waals surface area contributed by atoms with Crippen molar-refractivity contribution in [2.75, 3.05) is 26.1 Å². The van der Waals surface area contributed by atoms with Gasteiger partial charge in [0.1, 0.15) is 34.4 Å². The van der Waals surface area contributed by atoms with Crippen LogP contribution in [0.25, 0.3) is 5.69 Å². The minimum absolute atomic E-state index is 0.0168. The number of aryl methyl sites for hydroxylation is 2. The van der Waals surface area contributed by atoms with Crippen molar-refractivity contribution >= 4 is 16.0 Å². The molecule has 172 valence electrons. The first-order chi connectivity index (χ1) is 15.2. The number of nitrogens with one attached hydrogen (secondary N) is 1. The van der Waals surface area contributed by atoms with Crippen LogP contribution in [-0.2, 0) is 14.8 Å². The highest BCUT2D eigenvalue weighted by atomic mass is 32.2. The summed E-state index contributed by atoms with van der Waals surface area (Å²) in [4.78, 5) is 8.42. The van der Waals surface area contributed by atoms with E-state index in [4.69, 9.17) is 14.2 Å². The molecule has 0 fully saturated rings. The molecular weight excluding hydrogens is 436 g/mol. The highest BCUT2D eigenvalue weighted by Crippen LogP contribution is 2.35. The predicted molar refractivity (Wildman–Crippen MR) is 118 cm³/mol. The van der Waals surface area contributed by atoms with E-state index in [0.29, 0.717) is 23.0 Å². The molecule has 0 amide bonds. The summed E-state index contributed by atoms with van der Waals surface area (Å²) in [5, 5.41) is 7.02. The molecule has 0 aliphatic carbocycles. The van der Waals surface area contributed by atoms with E-state index in [0.717, 1.165) is 5.56 Å². The Bertz CT molecular complexity index is 1160. The van der Waals surface area contributed by atoms with Crippen LogP contribution in [0.1, 0.15) is 30.2 Å². The van der Waals surface area contributed by atoms with Crippen molar-refractivity contribution in [2.45, 2.75) is 32.1 Å². The van der Waals surface area contributed by atoms with Crippen LogP contribution >= 0.6 is 0 Å². The number of anilines is 1. The van der Waals surface area contributed by atoms with E-state index in [1.165, 1.54) is 32.8 Å². The zero-order chi connectivity index (χ0) is 23.5. The fourth-order valence-electron chi connectivity index (χ4n) is 3.19. The third-order valence-corrected chi connectivity index (χ3v) is 6.60. The lowest BCUT2D eigenvalue weighted by Crippen LogP contribution is -2.33. The van der Waals surface area contributed by atoms with Crippen LogP contribution in [0.4, 0.5) is 5.95 Å². The fourth-order valence-corrected chi connectivity index (χ4v) is 4.32. The normalized spacial score (nSPS) is 13.4. The minimum atomic E-state index is -4.00. The second-order valence-corrected chi connectivity index (χ2v) is 9.08.